The minimum absolute atomic E-state index is 0.0400. The molecule has 2 amide bonds. The smallest absolute Gasteiger partial charge is 0.246 e. The van der Waals surface area contributed by atoms with Gasteiger partial charge < -0.3 is 10.2 Å². The summed E-state index contributed by atoms with van der Waals surface area (Å²) in [6.45, 7) is 11.6. The first-order valence-corrected chi connectivity index (χ1v) is 6.32. The third-order valence-electron chi connectivity index (χ3n) is 3.22. The fraction of sp³-hybridized carbons (Fsp3) is 0.846. The van der Waals surface area contributed by atoms with Crippen LogP contribution in [0.4, 0.5) is 0 Å². The lowest BCUT2D eigenvalue weighted by molar-refractivity contribution is -0.158. The minimum atomic E-state index is -0.751. The van der Waals surface area contributed by atoms with Gasteiger partial charge in [0.25, 0.3) is 0 Å². The maximum atomic E-state index is 12.4. The lowest BCUT2D eigenvalue weighted by atomic mass is 9.91. The van der Waals surface area contributed by atoms with Crippen LogP contribution in [0.1, 0.15) is 48.0 Å². The molecule has 1 fully saturated rings. The van der Waals surface area contributed by atoms with E-state index in [-0.39, 0.29) is 23.9 Å². The Balaban J connectivity index is 2.99. The predicted octanol–water partition coefficient (Wildman–Crippen LogP) is 1.55. The van der Waals surface area contributed by atoms with Crippen molar-refractivity contribution in [2.45, 2.75) is 65.6 Å². The van der Waals surface area contributed by atoms with Gasteiger partial charge in [-0.3, -0.25) is 9.59 Å². The van der Waals surface area contributed by atoms with Crippen molar-refractivity contribution in [2.24, 2.45) is 5.92 Å². The van der Waals surface area contributed by atoms with Crippen LogP contribution in [0.15, 0.2) is 0 Å². The zero-order chi connectivity index (χ0) is 13.4. The zero-order valence-corrected chi connectivity index (χ0v) is 11.7. The highest BCUT2D eigenvalue weighted by atomic mass is 16.2. The van der Waals surface area contributed by atoms with Gasteiger partial charge in [0.05, 0.1) is 0 Å². The van der Waals surface area contributed by atoms with Crippen molar-refractivity contribution >= 4 is 11.8 Å². The Bertz CT molecular complexity index is 321. The Kier molecular flexibility index (Phi) is 3.84. The second kappa shape index (κ2) is 4.67. The molecule has 4 nitrogen and oxygen atoms in total. The molecule has 0 aromatic rings. The van der Waals surface area contributed by atoms with Gasteiger partial charge in [-0.15, -0.1) is 0 Å². The average molecular weight is 240 g/mol. The van der Waals surface area contributed by atoms with Gasteiger partial charge in [-0.2, -0.15) is 0 Å². The Morgan fingerprint density at radius 2 is 1.76 bits per heavy atom. The van der Waals surface area contributed by atoms with Gasteiger partial charge in [-0.1, -0.05) is 13.8 Å². The second-order valence-electron chi connectivity index (χ2n) is 6.02. The summed E-state index contributed by atoms with van der Waals surface area (Å²) >= 11 is 0. The summed E-state index contributed by atoms with van der Waals surface area (Å²) in [5, 5.41) is 2.84. The summed E-state index contributed by atoms with van der Waals surface area (Å²) < 4.78 is 0. The van der Waals surface area contributed by atoms with Gasteiger partial charge in [-0.25, -0.2) is 0 Å². The van der Waals surface area contributed by atoms with Crippen LogP contribution in [0.3, 0.4) is 0 Å². The third kappa shape index (κ3) is 2.61. The molecule has 0 saturated carbocycles. The summed E-state index contributed by atoms with van der Waals surface area (Å²) in [6, 6.07) is -0.323. The standard InChI is InChI=1S/C13H24N2O2/c1-8(2)7-10-11(16)15(9(3)4)13(5,6)12(17)14-10/h8-10H,7H2,1-6H3,(H,14,17). The van der Waals surface area contributed by atoms with Crippen molar-refractivity contribution in [2.75, 3.05) is 0 Å². The van der Waals surface area contributed by atoms with Gasteiger partial charge in [0, 0.05) is 6.04 Å². The second-order valence-corrected chi connectivity index (χ2v) is 6.02. The van der Waals surface area contributed by atoms with E-state index in [1.165, 1.54) is 0 Å². The van der Waals surface area contributed by atoms with Crippen LogP contribution < -0.4 is 5.32 Å². The largest absolute Gasteiger partial charge is 0.342 e. The van der Waals surface area contributed by atoms with E-state index < -0.39 is 5.54 Å². The molecule has 98 valence electrons. The van der Waals surface area contributed by atoms with Crippen molar-refractivity contribution in [3.8, 4) is 0 Å². The van der Waals surface area contributed by atoms with Crippen molar-refractivity contribution in [3.05, 3.63) is 0 Å². The van der Waals surface area contributed by atoms with E-state index in [4.69, 9.17) is 0 Å². The Labute approximate surface area is 104 Å². The van der Waals surface area contributed by atoms with Crippen LogP contribution in [-0.2, 0) is 9.59 Å². The molecule has 0 spiro atoms. The highest BCUT2D eigenvalue weighted by Crippen LogP contribution is 2.25. The van der Waals surface area contributed by atoms with Crippen molar-refractivity contribution in [3.63, 3.8) is 0 Å². The normalized spacial score (nSPS) is 24.5. The lowest BCUT2D eigenvalue weighted by Gasteiger charge is -2.46. The molecule has 0 radical (unpaired) electrons. The van der Waals surface area contributed by atoms with E-state index in [0.717, 1.165) is 0 Å². The third-order valence-corrected chi connectivity index (χ3v) is 3.22. The summed E-state index contributed by atoms with van der Waals surface area (Å²) in [4.78, 5) is 26.1. The molecule has 17 heavy (non-hydrogen) atoms. The molecule has 4 heteroatoms. The Morgan fingerprint density at radius 1 is 1.24 bits per heavy atom. The number of nitrogens with zero attached hydrogens (tertiary/aromatic N) is 1. The topological polar surface area (TPSA) is 49.4 Å². The molecule has 1 heterocycles. The number of piperazine rings is 1. The van der Waals surface area contributed by atoms with Crippen molar-refractivity contribution in [1.29, 1.82) is 0 Å². The fourth-order valence-electron chi connectivity index (χ4n) is 2.48. The number of carbonyl (C=O) groups is 2. The quantitative estimate of drug-likeness (QED) is 0.813. The average Bonchev–Trinajstić information content (AvgIpc) is 2.12. The molecular formula is C13H24N2O2. The number of rotatable bonds is 3. The first-order chi connectivity index (χ1) is 7.67. The molecule has 1 rings (SSSR count). The first-order valence-electron chi connectivity index (χ1n) is 6.32. The zero-order valence-electron chi connectivity index (χ0n) is 11.7. The molecule has 1 aliphatic rings. The summed E-state index contributed by atoms with van der Waals surface area (Å²) in [5.41, 5.74) is -0.751. The number of hydrogen-bond acceptors (Lipinski definition) is 2. The van der Waals surface area contributed by atoms with Gasteiger partial charge in [0.1, 0.15) is 11.6 Å². The van der Waals surface area contributed by atoms with Crippen LogP contribution in [0, 0.1) is 5.92 Å². The van der Waals surface area contributed by atoms with E-state index >= 15 is 0 Å². The van der Waals surface area contributed by atoms with Gasteiger partial charge in [-0.05, 0) is 40.0 Å². The number of carbonyl (C=O) groups excluding carboxylic acids is 2. The maximum Gasteiger partial charge on any atom is 0.246 e. The fourth-order valence-corrected chi connectivity index (χ4v) is 2.48. The van der Waals surface area contributed by atoms with Crippen LogP contribution in [0.5, 0.6) is 0 Å². The van der Waals surface area contributed by atoms with Crippen LogP contribution in [0.25, 0.3) is 0 Å². The summed E-state index contributed by atoms with van der Waals surface area (Å²) in [5.74, 6) is 0.370. The number of nitrogens with one attached hydrogen (secondary N) is 1. The maximum absolute atomic E-state index is 12.4. The molecule has 0 aromatic heterocycles. The summed E-state index contributed by atoms with van der Waals surface area (Å²) in [7, 11) is 0. The van der Waals surface area contributed by atoms with Crippen LogP contribution >= 0.6 is 0 Å². The van der Waals surface area contributed by atoms with E-state index in [0.29, 0.717) is 12.3 Å². The van der Waals surface area contributed by atoms with Crippen LogP contribution in [0.2, 0.25) is 0 Å². The molecule has 1 aliphatic heterocycles. The van der Waals surface area contributed by atoms with Gasteiger partial charge >= 0.3 is 0 Å². The highest BCUT2D eigenvalue weighted by molar-refractivity contribution is 5.99. The Hall–Kier alpha value is -1.06. The van der Waals surface area contributed by atoms with Gasteiger partial charge in [0.2, 0.25) is 11.8 Å². The molecule has 1 N–H and O–H groups in total. The minimum Gasteiger partial charge on any atom is -0.342 e. The molecule has 1 saturated heterocycles. The van der Waals surface area contributed by atoms with Gasteiger partial charge in [0.15, 0.2) is 0 Å². The molecule has 0 bridgehead atoms. The number of hydrogen-bond donors (Lipinski definition) is 1. The first kappa shape index (κ1) is 14.0. The van der Waals surface area contributed by atoms with Crippen LogP contribution in [-0.4, -0.2) is 34.3 Å². The van der Waals surface area contributed by atoms with Crippen molar-refractivity contribution in [1.82, 2.24) is 10.2 Å². The summed E-state index contributed by atoms with van der Waals surface area (Å²) in [6.07, 6.45) is 0.698. The molecule has 1 atom stereocenters. The van der Waals surface area contributed by atoms with E-state index in [2.05, 4.69) is 19.2 Å². The van der Waals surface area contributed by atoms with E-state index in [1.54, 1.807) is 18.7 Å². The molecule has 1 unspecified atom stereocenters. The van der Waals surface area contributed by atoms with Crippen molar-refractivity contribution < 1.29 is 9.59 Å². The molecule has 0 aliphatic carbocycles. The predicted molar refractivity (Wildman–Crippen MR) is 67.4 cm³/mol. The van der Waals surface area contributed by atoms with E-state index in [9.17, 15) is 9.59 Å². The Morgan fingerprint density at radius 3 is 2.18 bits per heavy atom. The highest BCUT2D eigenvalue weighted by Gasteiger charge is 2.47. The lowest BCUT2D eigenvalue weighted by Crippen LogP contribution is -2.70. The SMILES string of the molecule is CC(C)CC1NC(=O)C(C)(C)N(C(C)C)C1=O. The number of amides is 2. The molecule has 0 aromatic carbocycles. The molecular weight excluding hydrogens is 216 g/mol. The monoisotopic (exact) mass is 240 g/mol. The van der Waals surface area contributed by atoms with E-state index in [1.807, 2.05) is 13.8 Å².